The predicted molar refractivity (Wildman–Crippen MR) is 72.5 cm³/mol. The molecule has 0 saturated heterocycles. The molecule has 0 aliphatic heterocycles. The lowest BCUT2D eigenvalue weighted by molar-refractivity contribution is 0.972. The molecule has 0 saturated carbocycles. The molecule has 1 heterocycles. The molecule has 0 amide bonds. The number of nitrogens with zero attached hydrogens (tertiary/aromatic N) is 2. The minimum Gasteiger partial charge on any atom is -0.248 e. The van der Waals surface area contributed by atoms with Crippen molar-refractivity contribution in [2.24, 2.45) is 0 Å². The lowest BCUT2D eigenvalue weighted by Gasteiger charge is -2.08. The summed E-state index contributed by atoms with van der Waals surface area (Å²) in [5, 5.41) is 0. The van der Waals surface area contributed by atoms with Gasteiger partial charge in [0, 0.05) is 11.8 Å². The zero-order chi connectivity index (χ0) is 12.3. The number of allylic oxidation sites excluding steroid dienone is 4. The molecule has 2 bridgehead atoms. The molecule has 2 aliphatic carbocycles. The van der Waals surface area contributed by atoms with Gasteiger partial charge >= 0.3 is 0 Å². The molecule has 18 heavy (non-hydrogen) atoms. The lowest BCUT2D eigenvalue weighted by atomic mass is 9.98. The van der Waals surface area contributed by atoms with Crippen LogP contribution in [0.15, 0.2) is 47.6 Å². The number of rotatable bonds is 0. The molecule has 2 aromatic rings. The van der Waals surface area contributed by atoms with Crippen molar-refractivity contribution in [1.82, 2.24) is 9.97 Å². The minimum absolute atomic E-state index is 0.368. The summed E-state index contributed by atoms with van der Waals surface area (Å²) in [5.74, 6) is 0.735. The highest BCUT2D eigenvalue weighted by Gasteiger charge is 2.40. The molecule has 0 radical (unpaired) electrons. The van der Waals surface area contributed by atoms with Gasteiger partial charge in [0.2, 0.25) is 0 Å². The Bertz CT molecular complexity index is 666. The Labute approximate surface area is 106 Å². The Morgan fingerprint density at radius 3 is 1.83 bits per heavy atom. The Kier molecular flexibility index (Phi) is 1.83. The minimum atomic E-state index is 0.368. The van der Waals surface area contributed by atoms with Crippen LogP contribution in [0.5, 0.6) is 0 Å². The predicted octanol–water partition coefficient (Wildman–Crippen LogP) is 3.72. The van der Waals surface area contributed by atoms with Crippen molar-refractivity contribution in [3.63, 3.8) is 0 Å². The Hall–Kier alpha value is -1.96. The van der Waals surface area contributed by atoms with Crippen LogP contribution in [0.3, 0.4) is 0 Å². The third-order valence-corrected chi connectivity index (χ3v) is 3.96. The molecule has 0 spiro atoms. The van der Waals surface area contributed by atoms with Crippen molar-refractivity contribution in [3.05, 3.63) is 59.0 Å². The monoisotopic (exact) mass is 234 g/mol. The maximum Gasteiger partial charge on any atom is 0.0890 e. The van der Waals surface area contributed by atoms with Gasteiger partial charge in [-0.05, 0) is 31.6 Å². The van der Waals surface area contributed by atoms with Crippen LogP contribution in [-0.2, 0) is 0 Å². The first-order chi connectivity index (χ1) is 8.75. The normalized spacial score (nSPS) is 23.8. The Morgan fingerprint density at radius 1 is 0.889 bits per heavy atom. The second-order valence-electron chi connectivity index (χ2n) is 5.28. The average molecular weight is 234 g/mol. The van der Waals surface area contributed by atoms with E-state index in [0.29, 0.717) is 11.8 Å². The highest BCUT2D eigenvalue weighted by atomic mass is 14.9. The van der Waals surface area contributed by atoms with Crippen molar-refractivity contribution in [3.8, 4) is 0 Å². The number of para-hydroxylation sites is 2. The van der Waals surface area contributed by atoms with Crippen molar-refractivity contribution >= 4 is 11.0 Å². The molecule has 88 valence electrons. The largest absolute Gasteiger partial charge is 0.248 e. The first kappa shape index (κ1) is 10.0. The first-order valence-corrected chi connectivity index (χ1v) is 6.38. The molecule has 2 heteroatoms. The van der Waals surface area contributed by atoms with Gasteiger partial charge in [0.15, 0.2) is 0 Å². The number of hydrogen-bond donors (Lipinski definition) is 0. The zero-order valence-corrected chi connectivity index (χ0v) is 10.5. The highest BCUT2D eigenvalue weighted by molar-refractivity contribution is 5.76. The van der Waals surface area contributed by atoms with Crippen molar-refractivity contribution < 1.29 is 0 Å². The van der Waals surface area contributed by atoms with Gasteiger partial charge in [-0.3, -0.25) is 0 Å². The molecule has 0 fully saturated rings. The van der Waals surface area contributed by atoms with Gasteiger partial charge in [-0.25, -0.2) is 9.97 Å². The second kappa shape index (κ2) is 3.29. The molecule has 2 nitrogen and oxygen atoms in total. The van der Waals surface area contributed by atoms with Crippen LogP contribution in [0.1, 0.15) is 37.1 Å². The van der Waals surface area contributed by atoms with Crippen LogP contribution < -0.4 is 0 Å². The van der Waals surface area contributed by atoms with E-state index in [-0.39, 0.29) is 0 Å². The summed E-state index contributed by atoms with van der Waals surface area (Å²) in [6.45, 7) is 4.38. The fourth-order valence-corrected chi connectivity index (χ4v) is 3.21. The molecule has 2 aliphatic rings. The van der Waals surface area contributed by atoms with Gasteiger partial charge in [0.25, 0.3) is 0 Å². The van der Waals surface area contributed by atoms with Gasteiger partial charge in [0.1, 0.15) is 0 Å². The SMILES string of the molecule is CC(C)=C1[C@H]2C=C[C@@H]1c1nc3ccccc3nc12. The number of fused-ring (bicyclic) bond motifs is 6. The van der Waals surface area contributed by atoms with E-state index in [4.69, 9.17) is 9.97 Å². The number of aromatic nitrogens is 2. The summed E-state index contributed by atoms with van der Waals surface area (Å²) < 4.78 is 0. The van der Waals surface area contributed by atoms with E-state index < -0.39 is 0 Å². The van der Waals surface area contributed by atoms with E-state index >= 15 is 0 Å². The Morgan fingerprint density at radius 2 is 1.39 bits per heavy atom. The Balaban J connectivity index is 2.04. The van der Waals surface area contributed by atoms with Gasteiger partial charge in [-0.2, -0.15) is 0 Å². The fourth-order valence-electron chi connectivity index (χ4n) is 3.21. The van der Waals surface area contributed by atoms with E-state index in [9.17, 15) is 0 Å². The maximum atomic E-state index is 4.82. The van der Waals surface area contributed by atoms with Crippen molar-refractivity contribution in [1.29, 1.82) is 0 Å². The second-order valence-corrected chi connectivity index (χ2v) is 5.28. The smallest absolute Gasteiger partial charge is 0.0890 e. The van der Waals surface area contributed by atoms with Gasteiger partial charge < -0.3 is 0 Å². The summed E-state index contributed by atoms with van der Waals surface area (Å²) >= 11 is 0. The molecule has 0 unspecified atom stereocenters. The number of benzene rings is 1. The van der Waals surface area contributed by atoms with Crippen molar-refractivity contribution in [2.75, 3.05) is 0 Å². The van der Waals surface area contributed by atoms with Crippen LogP contribution in [0.4, 0.5) is 0 Å². The third-order valence-electron chi connectivity index (χ3n) is 3.96. The third kappa shape index (κ3) is 1.13. The molecule has 4 rings (SSSR count). The van der Waals surface area contributed by atoms with Crippen LogP contribution in [0, 0.1) is 0 Å². The highest BCUT2D eigenvalue weighted by Crippen LogP contribution is 2.52. The quantitative estimate of drug-likeness (QED) is 0.649. The molecular formula is C16H14N2. The zero-order valence-electron chi connectivity index (χ0n) is 10.5. The first-order valence-electron chi connectivity index (χ1n) is 6.38. The topological polar surface area (TPSA) is 25.8 Å². The van der Waals surface area contributed by atoms with Crippen LogP contribution in [0.25, 0.3) is 11.0 Å². The van der Waals surface area contributed by atoms with Gasteiger partial charge in [-0.15, -0.1) is 0 Å². The maximum absolute atomic E-state index is 4.82. The van der Waals surface area contributed by atoms with Crippen LogP contribution in [-0.4, -0.2) is 9.97 Å². The van der Waals surface area contributed by atoms with E-state index in [0.717, 1.165) is 22.4 Å². The van der Waals surface area contributed by atoms with Gasteiger partial charge in [-0.1, -0.05) is 29.9 Å². The number of hydrogen-bond acceptors (Lipinski definition) is 2. The summed E-state index contributed by atoms with van der Waals surface area (Å²) in [4.78, 5) is 9.65. The van der Waals surface area contributed by atoms with Crippen molar-refractivity contribution in [2.45, 2.75) is 25.7 Å². The van der Waals surface area contributed by atoms with E-state index in [1.165, 1.54) is 11.1 Å². The molecule has 2 atom stereocenters. The van der Waals surface area contributed by atoms with Gasteiger partial charge in [0.05, 0.1) is 22.4 Å². The molecule has 1 aromatic heterocycles. The van der Waals surface area contributed by atoms with E-state index in [1.54, 1.807) is 0 Å². The summed E-state index contributed by atoms with van der Waals surface area (Å²) in [7, 11) is 0. The molecular weight excluding hydrogens is 220 g/mol. The van der Waals surface area contributed by atoms with Crippen LogP contribution >= 0.6 is 0 Å². The van der Waals surface area contributed by atoms with E-state index in [1.807, 2.05) is 24.3 Å². The molecule has 0 N–H and O–H groups in total. The van der Waals surface area contributed by atoms with Crippen LogP contribution in [0.2, 0.25) is 0 Å². The average Bonchev–Trinajstić information content (AvgIpc) is 2.93. The standard InChI is InChI=1S/C16H14N2/c1-9(2)14-10-7-8-11(14)16-15(10)17-12-5-3-4-6-13(12)18-16/h3-8,10-11H,1-2H3/t10-,11+. The summed E-state index contributed by atoms with van der Waals surface area (Å²) in [5.41, 5.74) is 7.23. The molecule has 1 aromatic carbocycles. The van der Waals surface area contributed by atoms with E-state index in [2.05, 4.69) is 26.0 Å². The summed E-state index contributed by atoms with van der Waals surface area (Å²) in [6.07, 6.45) is 4.55. The lowest BCUT2D eigenvalue weighted by Crippen LogP contribution is -2.00. The fraction of sp³-hybridized carbons (Fsp3) is 0.250. The summed E-state index contributed by atoms with van der Waals surface area (Å²) in [6, 6.07) is 8.13.